The third-order valence-corrected chi connectivity index (χ3v) is 2.51. The number of anilines is 1. The van der Waals surface area contributed by atoms with Crippen molar-refractivity contribution < 1.29 is 13.9 Å². The summed E-state index contributed by atoms with van der Waals surface area (Å²) < 4.78 is 17.9. The number of hydrogen-bond acceptors (Lipinski definition) is 3. The molecule has 1 aromatic rings. The molecule has 3 nitrogen and oxygen atoms in total. The van der Waals surface area contributed by atoms with Crippen LogP contribution in [-0.2, 0) is 16.0 Å². The van der Waals surface area contributed by atoms with E-state index in [-0.39, 0.29) is 18.3 Å². The molecule has 0 atom stereocenters. The van der Waals surface area contributed by atoms with E-state index in [2.05, 4.69) is 0 Å². The van der Waals surface area contributed by atoms with E-state index in [9.17, 15) is 9.18 Å². The van der Waals surface area contributed by atoms with E-state index >= 15 is 0 Å². The monoisotopic (exact) mass is 239 g/mol. The van der Waals surface area contributed by atoms with Gasteiger partial charge in [0.1, 0.15) is 12.4 Å². The van der Waals surface area contributed by atoms with Crippen LogP contribution in [0.25, 0.3) is 0 Å². The summed E-state index contributed by atoms with van der Waals surface area (Å²) in [6.07, 6.45) is 0.722. The molecule has 1 aromatic carbocycles. The highest BCUT2D eigenvalue weighted by molar-refractivity contribution is 5.76. The second-order valence-corrected chi connectivity index (χ2v) is 3.79. The molecule has 0 spiro atoms. The number of likely N-dealkylation sites (N-methyl/N-ethyl adjacent to an activating group) is 1. The summed E-state index contributed by atoms with van der Waals surface area (Å²) >= 11 is 0. The number of hydrogen-bond donors (Lipinski definition) is 0. The smallest absolute Gasteiger partial charge is 0.325 e. The fourth-order valence-electron chi connectivity index (χ4n) is 1.70. The van der Waals surface area contributed by atoms with Crippen LogP contribution >= 0.6 is 0 Å². The van der Waals surface area contributed by atoms with Crippen molar-refractivity contribution in [3.8, 4) is 0 Å². The molecule has 0 saturated carbocycles. The van der Waals surface area contributed by atoms with Gasteiger partial charge in [-0.3, -0.25) is 4.79 Å². The topological polar surface area (TPSA) is 29.5 Å². The Bertz CT molecular complexity index is 393. The Kier molecular flexibility index (Phi) is 4.94. The number of carbonyl (C=O) groups is 1. The number of benzene rings is 1. The Morgan fingerprint density at radius 3 is 2.71 bits per heavy atom. The summed E-state index contributed by atoms with van der Waals surface area (Å²) in [5.74, 6) is -0.531. The summed E-state index contributed by atoms with van der Waals surface area (Å²) in [7, 11) is 1.79. The number of halogens is 1. The van der Waals surface area contributed by atoms with Crippen molar-refractivity contribution >= 4 is 11.7 Å². The van der Waals surface area contributed by atoms with E-state index in [0.29, 0.717) is 6.61 Å². The lowest BCUT2D eigenvalue weighted by Crippen LogP contribution is -2.27. The summed E-state index contributed by atoms with van der Waals surface area (Å²) in [5.41, 5.74) is 1.75. The lowest BCUT2D eigenvalue weighted by atomic mass is 10.1. The van der Waals surface area contributed by atoms with Gasteiger partial charge in [0.05, 0.1) is 6.61 Å². The summed E-state index contributed by atoms with van der Waals surface area (Å²) in [5, 5.41) is 0. The van der Waals surface area contributed by atoms with Crippen molar-refractivity contribution in [1.29, 1.82) is 0 Å². The first-order chi connectivity index (χ1) is 8.08. The molecule has 0 bridgehead atoms. The molecule has 0 aromatic heterocycles. The van der Waals surface area contributed by atoms with E-state index in [0.717, 1.165) is 17.7 Å². The van der Waals surface area contributed by atoms with Crippen molar-refractivity contribution in [2.75, 3.05) is 25.1 Å². The van der Waals surface area contributed by atoms with Crippen LogP contribution in [0.5, 0.6) is 0 Å². The molecule has 0 heterocycles. The molecule has 1 rings (SSSR count). The minimum absolute atomic E-state index is 0.173. The van der Waals surface area contributed by atoms with Crippen LogP contribution in [0.2, 0.25) is 0 Å². The van der Waals surface area contributed by atoms with Gasteiger partial charge in [-0.15, -0.1) is 0 Å². The van der Waals surface area contributed by atoms with Gasteiger partial charge < -0.3 is 9.64 Å². The lowest BCUT2D eigenvalue weighted by Gasteiger charge is -2.21. The summed E-state index contributed by atoms with van der Waals surface area (Å²) in [6, 6.07) is 4.58. The number of esters is 1. The standard InChI is InChI=1S/C13H18FNO2/c1-4-10-8-11(14)6-7-12(10)15(3)9-13(16)17-5-2/h6-8H,4-5,9H2,1-3H3. The highest BCUT2D eigenvalue weighted by Gasteiger charge is 2.11. The molecule has 0 aliphatic heterocycles. The number of rotatable bonds is 5. The second-order valence-electron chi connectivity index (χ2n) is 3.79. The third-order valence-electron chi connectivity index (χ3n) is 2.51. The van der Waals surface area contributed by atoms with Crippen molar-refractivity contribution in [3.63, 3.8) is 0 Å². The maximum atomic E-state index is 13.1. The van der Waals surface area contributed by atoms with Crippen molar-refractivity contribution in [1.82, 2.24) is 0 Å². The van der Waals surface area contributed by atoms with Gasteiger partial charge in [0.2, 0.25) is 0 Å². The molecule has 94 valence electrons. The van der Waals surface area contributed by atoms with Crippen LogP contribution in [-0.4, -0.2) is 26.2 Å². The van der Waals surface area contributed by atoms with Crippen LogP contribution in [0.3, 0.4) is 0 Å². The Hall–Kier alpha value is -1.58. The molecule has 4 heteroatoms. The van der Waals surface area contributed by atoms with Gasteiger partial charge in [0.15, 0.2) is 0 Å². The number of nitrogens with zero attached hydrogens (tertiary/aromatic N) is 1. The van der Waals surface area contributed by atoms with Gasteiger partial charge in [-0.2, -0.15) is 0 Å². The number of carbonyl (C=O) groups excluding carboxylic acids is 1. The fourth-order valence-corrected chi connectivity index (χ4v) is 1.70. The Morgan fingerprint density at radius 2 is 2.12 bits per heavy atom. The largest absolute Gasteiger partial charge is 0.465 e. The van der Waals surface area contributed by atoms with Crippen LogP contribution in [0.4, 0.5) is 10.1 Å². The predicted octanol–water partition coefficient (Wildman–Crippen LogP) is 2.39. The first kappa shape index (κ1) is 13.5. The SMILES string of the molecule is CCOC(=O)CN(C)c1ccc(F)cc1CC. The first-order valence-corrected chi connectivity index (χ1v) is 5.73. The van der Waals surface area contributed by atoms with E-state index in [4.69, 9.17) is 4.74 Å². The van der Waals surface area contributed by atoms with E-state index in [1.54, 1.807) is 24.9 Å². The Labute approximate surface area is 101 Å². The highest BCUT2D eigenvalue weighted by atomic mass is 19.1. The molecular formula is C13H18FNO2. The Morgan fingerprint density at radius 1 is 1.41 bits per heavy atom. The van der Waals surface area contributed by atoms with Crippen LogP contribution in [0.1, 0.15) is 19.4 Å². The van der Waals surface area contributed by atoms with Crippen LogP contribution < -0.4 is 4.90 Å². The van der Waals surface area contributed by atoms with Gasteiger partial charge >= 0.3 is 5.97 Å². The Balaban J connectivity index is 2.81. The van der Waals surface area contributed by atoms with E-state index in [1.807, 2.05) is 6.92 Å². The zero-order chi connectivity index (χ0) is 12.8. The highest BCUT2D eigenvalue weighted by Crippen LogP contribution is 2.21. The maximum Gasteiger partial charge on any atom is 0.325 e. The molecule has 0 saturated heterocycles. The van der Waals surface area contributed by atoms with E-state index in [1.165, 1.54) is 12.1 Å². The second kappa shape index (κ2) is 6.23. The number of ether oxygens (including phenoxy) is 1. The predicted molar refractivity (Wildman–Crippen MR) is 65.7 cm³/mol. The molecule has 17 heavy (non-hydrogen) atoms. The summed E-state index contributed by atoms with van der Waals surface area (Å²) in [6.45, 7) is 4.27. The van der Waals surface area contributed by atoms with Crippen molar-refractivity contribution in [2.24, 2.45) is 0 Å². The van der Waals surface area contributed by atoms with Crippen molar-refractivity contribution in [2.45, 2.75) is 20.3 Å². The van der Waals surface area contributed by atoms with Crippen LogP contribution in [0.15, 0.2) is 18.2 Å². The molecule has 0 unspecified atom stereocenters. The van der Waals surface area contributed by atoms with Gasteiger partial charge in [0.25, 0.3) is 0 Å². The summed E-state index contributed by atoms with van der Waals surface area (Å²) in [4.78, 5) is 13.1. The maximum absolute atomic E-state index is 13.1. The van der Waals surface area contributed by atoms with Gasteiger partial charge in [0, 0.05) is 12.7 Å². The molecular weight excluding hydrogens is 221 g/mol. The zero-order valence-electron chi connectivity index (χ0n) is 10.5. The number of aryl methyl sites for hydroxylation is 1. The van der Waals surface area contributed by atoms with E-state index < -0.39 is 0 Å². The van der Waals surface area contributed by atoms with Gasteiger partial charge in [-0.25, -0.2) is 4.39 Å². The van der Waals surface area contributed by atoms with Crippen molar-refractivity contribution in [3.05, 3.63) is 29.6 Å². The molecule has 0 N–H and O–H groups in total. The van der Waals surface area contributed by atoms with Crippen LogP contribution in [0, 0.1) is 5.82 Å². The fraction of sp³-hybridized carbons (Fsp3) is 0.462. The lowest BCUT2D eigenvalue weighted by molar-refractivity contribution is -0.141. The van der Waals surface area contributed by atoms with Gasteiger partial charge in [-0.1, -0.05) is 6.92 Å². The molecule has 0 aliphatic carbocycles. The molecule has 0 radical (unpaired) electrons. The first-order valence-electron chi connectivity index (χ1n) is 5.73. The quantitative estimate of drug-likeness (QED) is 0.739. The minimum atomic E-state index is -0.277. The molecule has 0 fully saturated rings. The molecule has 0 aliphatic rings. The normalized spacial score (nSPS) is 10.1. The average molecular weight is 239 g/mol. The molecule has 0 amide bonds. The zero-order valence-corrected chi connectivity index (χ0v) is 10.5. The minimum Gasteiger partial charge on any atom is -0.465 e. The third kappa shape index (κ3) is 3.73. The van der Waals surface area contributed by atoms with Gasteiger partial charge in [-0.05, 0) is 37.1 Å². The average Bonchev–Trinajstić information content (AvgIpc) is 2.28.